The summed E-state index contributed by atoms with van der Waals surface area (Å²) in [4.78, 5) is 3.70. The van der Waals surface area contributed by atoms with Gasteiger partial charge in [0.15, 0.2) is 0 Å². The highest BCUT2D eigenvalue weighted by Gasteiger charge is 2.48. The topological polar surface area (TPSA) is 15.8 Å². The van der Waals surface area contributed by atoms with Crippen molar-refractivity contribution in [3.05, 3.63) is 168 Å². The molecular formula is C39H25N. The number of benzene rings is 7. The van der Waals surface area contributed by atoms with Gasteiger partial charge in [0, 0.05) is 21.8 Å². The van der Waals surface area contributed by atoms with E-state index in [4.69, 9.17) is 0 Å². The molecule has 1 aliphatic rings. The maximum Gasteiger partial charge on any atom is 0.0719 e. The SMILES string of the molecule is c1ccc(C2(c3ccccc3)c3ccccc3-c3c2c2ccc4[nH]c5ccccc5c4c2c2ccccc32)cc1. The molecule has 1 N–H and O–H groups in total. The monoisotopic (exact) mass is 507 g/mol. The lowest BCUT2D eigenvalue weighted by Gasteiger charge is -2.35. The lowest BCUT2D eigenvalue weighted by molar-refractivity contribution is 0.776. The second kappa shape index (κ2) is 7.94. The highest BCUT2D eigenvalue weighted by atomic mass is 14.7. The van der Waals surface area contributed by atoms with Gasteiger partial charge in [0.1, 0.15) is 0 Å². The lowest BCUT2D eigenvalue weighted by atomic mass is 9.66. The third kappa shape index (κ3) is 2.62. The molecule has 0 atom stereocenters. The van der Waals surface area contributed by atoms with Gasteiger partial charge in [0.25, 0.3) is 0 Å². The van der Waals surface area contributed by atoms with Crippen LogP contribution in [-0.4, -0.2) is 4.98 Å². The summed E-state index contributed by atoms with van der Waals surface area (Å²) in [6.45, 7) is 0. The number of hydrogen-bond acceptors (Lipinski definition) is 0. The van der Waals surface area contributed by atoms with E-state index in [1.165, 1.54) is 76.7 Å². The van der Waals surface area contributed by atoms with E-state index in [0.29, 0.717) is 0 Å². The molecular weight excluding hydrogens is 482 g/mol. The number of fused-ring (bicyclic) bond motifs is 12. The predicted octanol–water partition coefficient (Wildman–Crippen LogP) is 9.99. The Hall–Kier alpha value is -5.14. The Morgan fingerprint density at radius 3 is 1.75 bits per heavy atom. The average Bonchev–Trinajstić information content (AvgIpc) is 3.56. The van der Waals surface area contributed by atoms with Crippen LogP contribution in [0.25, 0.3) is 54.5 Å². The van der Waals surface area contributed by atoms with Gasteiger partial charge in [-0.1, -0.05) is 133 Å². The molecule has 1 aliphatic carbocycles. The Bertz CT molecular complexity index is 2220. The molecule has 9 rings (SSSR count). The Morgan fingerprint density at radius 2 is 1.00 bits per heavy atom. The van der Waals surface area contributed by atoms with Gasteiger partial charge in [-0.15, -0.1) is 0 Å². The molecule has 0 fully saturated rings. The fraction of sp³-hybridized carbons (Fsp3) is 0.0256. The molecule has 0 saturated carbocycles. The molecule has 0 spiro atoms. The third-order valence-electron chi connectivity index (χ3n) is 9.05. The van der Waals surface area contributed by atoms with Crippen molar-refractivity contribution in [3.8, 4) is 11.1 Å². The molecule has 1 nitrogen and oxygen atoms in total. The molecule has 40 heavy (non-hydrogen) atoms. The largest absolute Gasteiger partial charge is 0.354 e. The molecule has 0 saturated heterocycles. The average molecular weight is 508 g/mol. The zero-order valence-electron chi connectivity index (χ0n) is 21.9. The first-order valence-electron chi connectivity index (χ1n) is 14.0. The molecule has 1 heteroatoms. The van der Waals surface area contributed by atoms with E-state index in [1.54, 1.807) is 0 Å². The van der Waals surface area contributed by atoms with Crippen molar-refractivity contribution < 1.29 is 0 Å². The van der Waals surface area contributed by atoms with E-state index >= 15 is 0 Å². The van der Waals surface area contributed by atoms with Crippen LogP contribution in [0.1, 0.15) is 22.3 Å². The van der Waals surface area contributed by atoms with Crippen LogP contribution < -0.4 is 0 Å². The van der Waals surface area contributed by atoms with Crippen LogP contribution >= 0.6 is 0 Å². The van der Waals surface area contributed by atoms with Crippen molar-refractivity contribution in [2.45, 2.75) is 5.41 Å². The van der Waals surface area contributed by atoms with Gasteiger partial charge in [-0.2, -0.15) is 0 Å². The molecule has 0 bridgehead atoms. The summed E-state index contributed by atoms with van der Waals surface area (Å²) in [5, 5.41) is 7.83. The van der Waals surface area contributed by atoms with Crippen LogP contribution in [0.5, 0.6) is 0 Å². The maximum atomic E-state index is 3.70. The standard InChI is InChI=1S/C39H25N/c1-3-13-25(14-4-1)39(26-15-5-2-6-16-26)32-21-11-9-19-29(32)36-28-18-8-7-17-27(28)35-31(38(36)39)23-24-34-37(35)30-20-10-12-22-33(30)40-34/h1-24,40H. The first-order chi connectivity index (χ1) is 19.9. The first-order valence-corrected chi connectivity index (χ1v) is 14.0. The minimum atomic E-state index is -0.448. The summed E-state index contributed by atoms with van der Waals surface area (Å²) in [6.07, 6.45) is 0. The second-order valence-electron chi connectivity index (χ2n) is 10.9. The van der Waals surface area contributed by atoms with Gasteiger partial charge in [0.2, 0.25) is 0 Å². The number of hydrogen-bond donors (Lipinski definition) is 1. The molecule has 7 aromatic carbocycles. The number of para-hydroxylation sites is 1. The van der Waals surface area contributed by atoms with E-state index in [2.05, 4.69) is 151 Å². The molecule has 186 valence electrons. The van der Waals surface area contributed by atoms with Gasteiger partial charge in [-0.25, -0.2) is 0 Å². The second-order valence-corrected chi connectivity index (χ2v) is 10.9. The van der Waals surface area contributed by atoms with Gasteiger partial charge in [-0.05, 0) is 67.1 Å². The summed E-state index contributed by atoms with van der Waals surface area (Å²) in [6, 6.07) is 53.6. The number of nitrogens with one attached hydrogen (secondary N) is 1. The van der Waals surface area contributed by atoms with Crippen molar-refractivity contribution in [1.29, 1.82) is 0 Å². The number of H-pyrrole nitrogens is 1. The fourth-order valence-corrected chi connectivity index (χ4v) is 7.59. The van der Waals surface area contributed by atoms with Crippen molar-refractivity contribution in [3.63, 3.8) is 0 Å². The predicted molar refractivity (Wildman–Crippen MR) is 168 cm³/mol. The summed E-state index contributed by atoms with van der Waals surface area (Å²) in [5.74, 6) is 0. The van der Waals surface area contributed by atoms with Gasteiger partial charge < -0.3 is 4.98 Å². The summed E-state index contributed by atoms with van der Waals surface area (Å²) in [7, 11) is 0. The Kier molecular flexibility index (Phi) is 4.32. The van der Waals surface area contributed by atoms with Crippen LogP contribution in [-0.2, 0) is 5.41 Å². The van der Waals surface area contributed by atoms with E-state index in [1.807, 2.05) is 0 Å². The smallest absolute Gasteiger partial charge is 0.0719 e. The van der Waals surface area contributed by atoms with Crippen LogP contribution in [0.15, 0.2) is 146 Å². The summed E-state index contributed by atoms with van der Waals surface area (Å²) in [5.41, 5.74) is 9.90. The minimum Gasteiger partial charge on any atom is -0.354 e. The van der Waals surface area contributed by atoms with Crippen molar-refractivity contribution in [2.24, 2.45) is 0 Å². The number of aromatic amines is 1. The van der Waals surface area contributed by atoms with Crippen molar-refractivity contribution in [1.82, 2.24) is 4.98 Å². The molecule has 0 radical (unpaired) electrons. The van der Waals surface area contributed by atoms with Crippen LogP contribution in [0, 0.1) is 0 Å². The summed E-state index contributed by atoms with van der Waals surface area (Å²) < 4.78 is 0. The van der Waals surface area contributed by atoms with Crippen LogP contribution in [0.4, 0.5) is 0 Å². The zero-order valence-corrected chi connectivity index (χ0v) is 21.9. The maximum absolute atomic E-state index is 3.70. The van der Waals surface area contributed by atoms with E-state index < -0.39 is 5.41 Å². The van der Waals surface area contributed by atoms with E-state index in [0.717, 1.165) is 0 Å². The Balaban J connectivity index is 1.62. The van der Waals surface area contributed by atoms with Gasteiger partial charge >= 0.3 is 0 Å². The van der Waals surface area contributed by atoms with Crippen LogP contribution in [0.2, 0.25) is 0 Å². The Labute approximate surface area is 232 Å². The van der Waals surface area contributed by atoms with Gasteiger partial charge in [0.05, 0.1) is 5.41 Å². The highest BCUT2D eigenvalue weighted by molar-refractivity contribution is 6.31. The highest BCUT2D eigenvalue weighted by Crippen LogP contribution is 2.60. The molecule has 0 unspecified atom stereocenters. The number of rotatable bonds is 2. The molecule has 8 aromatic rings. The van der Waals surface area contributed by atoms with Crippen molar-refractivity contribution >= 4 is 43.4 Å². The molecule has 1 heterocycles. The van der Waals surface area contributed by atoms with Crippen molar-refractivity contribution in [2.75, 3.05) is 0 Å². The number of aromatic nitrogens is 1. The fourth-order valence-electron chi connectivity index (χ4n) is 7.59. The molecule has 1 aromatic heterocycles. The Morgan fingerprint density at radius 1 is 0.400 bits per heavy atom. The van der Waals surface area contributed by atoms with E-state index in [9.17, 15) is 0 Å². The normalized spacial score (nSPS) is 13.7. The minimum absolute atomic E-state index is 0.448. The molecule has 0 amide bonds. The van der Waals surface area contributed by atoms with Gasteiger partial charge in [-0.3, -0.25) is 0 Å². The van der Waals surface area contributed by atoms with E-state index in [-0.39, 0.29) is 0 Å². The molecule has 0 aliphatic heterocycles. The third-order valence-corrected chi connectivity index (χ3v) is 9.05. The zero-order chi connectivity index (χ0) is 26.3. The summed E-state index contributed by atoms with van der Waals surface area (Å²) >= 11 is 0. The quantitative estimate of drug-likeness (QED) is 0.224. The first kappa shape index (κ1) is 21.8. The van der Waals surface area contributed by atoms with Crippen LogP contribution in [0.3, 0.4) is 0 Å². The lowest BCUT2D eigenvalue weighted by Crippen LogP contribution is -2.28.